The molecule has 1 aliphatic rings. The third-order valence-corrected chi connectivity index (χ3v) is 4.38. The second-order valence-corrected chi connectivity index (χ2v) is 6.18. The smallest absolute Gasteiger partial charge is 0.273 e. The summed E-state index contributed by atoms with van der Waals surface area (Å²) < 4.78 is 25.2. The fourth-order valence-corrected chi connectivity index (χ4v) is 2.79. The van der Waals surface area contributed by atoms with Crippen LogP contribution in [0.3, 0.4) is 0 Å². The lowest BCUT2D eigenvalue weighted by Crippen LogP contribution is -2.23. The summed E-state index contributed by atoms with van der Waals surface area (Å²) in [5, 5.41) is 10.8. The molecule has 0 aliphatic carbocycles. The van der Waals surface area contributed by atoms with Gasteiger partial charge < -0.3 is 14.8 Å². The predicted molar refractivity (Wildman–Crippen MR) is 94.0 cm³/mol. The van der Waals surface area contributed by atoms with Crippen molar-refractivity contribution in [3.63, 3.8) is 0 Å². The van der Waals surface area contributed by atoms with Gasteiger partial charge in [0.05, 0.1) is 12.2 Å². The average molecular weight is 368 g/mol. The van der Waals surface area contributed by atoms with Gasteiger partial charge in [-0.25, -0.2) is 9.07 Å². The maximum atomic E-state index is 13.1. The number of amides is 1. The van der Waals surface area contributed by atoms with Crippen LogP contribution in [0, 0.1) is 5.82 Å². The molecule has 1 aliphatic heterocycles. The number of aromatic nitrogens is 3. The summed E-state index contributed by atoms with van der Waals surface area (Å²) in [5.41, 5.74) is 1.97. The molecule has 1 aromatic heterocycles. The third kappa shape index (κ3) is 3.59. The molecule has 138 valence electrons. The van der Waals surface area contributed by atoms with Crippen molar-refractivity contribution in [2.45, 2.75) is 19.5 Å². The molecule has 0 unspecified atom stereocenters. The molecule has 1 N–H and O–H groups in total. The quantitative estimate of drug-likeness (QED) is 0.749. The zero-order valence-electron chi connectivity index (χ0n) is 14.6. The topological polar surface area (TPSA) is 78.3 Å². The van der Waals surface area contributed by atoms with Crippen LogP contribution in [0.4, 0.5) is 4.39 Å². The van der Waals surface area contributed by atoms with E-state index in [4.69, 9.17) is 9.47 Å². The van der Waals surface area contributed by atoms with Crippen molar-refractivity contribution in [2.24, 2.45) is 0 Å². The second-order valence-electron chi connectivity index (χ2n) is 6.18. The summed E-state index contributed by atoms with van der Waals surface area (Å²) in [6.45, 7) is 2.44. The average Bonchev–Trinajstić information content (AvgIpc) is 3.35. The Morgan fingerprint density at radius 1 is 1.22 bits per heavy atom. The highest BCUT2D eigenvalue weighted by molar-refractivity contribution is 5.91. The first kappa shape index (κ1) is 17.0. The van der Waals surface area contributed by atoms with E-state index in [1.807, 2.05) is 25.1 Å². The molecule has 2 heterocycles. The molecular weight excluding hydrogens is 351 g/mol. The lowest BCUT2D eigenvalue weighted by atomic mass is 10.1. The van der Waals surface area contributed by atoms with E-state index in [1.54, 1.807) is 23.0 Å². The van der Waals surface area contributed by atoms with Crippen LogP contribution < -0.4 is 14.8 Å². The normalized spacial score (nSPS) is 13.4. The van der Waals surface area contributed by atoms with Gasteiger partial charge in [0.2, 0.25) is 6.79 Å². The lowest BCUT2D eigenvalue weighted by molar-refractivity contribution is 0.0945. The van der Waals surface area contributed by atoms with Gasteiger partial charge in [-0.05, 0) is 42.3 Å². The Bertz CT molecular complexity index is 971. The van der Waals surface area contributed by atoms with Gasteiger partial charge in [-0.2, -0.15) is 0 Å². The minimum absolute atomic E-state index is 0.173. The van der Waals surface area contributed by atoms with Crippen LogP contribution in [0.5, 0.6) is 11.5 Å². The second kappa shape index (κ2) is 7.06. The molecule has 1 atom stereocenters. The van der Waals surface area contributed by atoms with Crippen molar-refractivity contribution in [3.05, 3.63) is 71.3 Å². The highest BCUT2D eigenvalue weighted by Crippen LogP contribution is 2.32. The van der Waals surface area contributed by atoms with Gasteiger partial charge in [-0.15, -0.1) is 5.10 Å². The molecule has 2 aromatic carbocycles. The van der Waals surface area contributed by atoms with Crippen molar-refractivity contribution >= 4 is 5.91 Å². The standard InChI is InChI=1S/C19H17FN4O3/c1-12(14-3-5-15(20)6-4-14)24-10-16(22-23-24)19(25)21-9-13-2-7-17-18(8-13)27-11-26-17/h2-8,10,12H,9,11H2,1H3,(H,21,25)/t12-/m0/s1. The Hall–Kier alpha value is -3.42. The molecule has 3 aromatic rings. The van der Waals surface area contributed by atoms with Crippen LogP contribution in [-0.2, 0) is 6.54 Å². The zero-order valence-corrected chi connectivity index (χ0v) is 14.6. The van der Waals surface area contributed by atoms with E-state index >= 15 is 0 Å². The summed E-state index contributed by atoms with van der Waals surface area (Å²) in [6, 6.07) is 11.5. The summed E-state index contributed by atoms with van der Waals surface area (Å²) in [6.07, 6.45) is 1.57. The van der Waals surface area contributed by atoms with E-state index in [2.05, 4.69) is 15.6 Å². The van der Waals surface area contributed by atoms with Crippen molar-refractivity contribution < 1.29 is 18.7 Å². The van der Waals surface area contributed by atoms with Crippen LogP contribution >= 0.6 is 0 Å². The van der Waals surface area contributed by atoms with Crippen molar-refractivity contribution in [1.29, 1.82) is 0 Å². The van der Waals surface area contributed by atoms with E-state index in [9.17, 15) is 9.18 Å². The minimum Gasteiger partial charge on any atom is -0.454 e. The van der Waals surface area contributed by atoms with E-state index < -0.39 is 0 Å². The largest absolute Gasteiger partial charge is 0.454 e. The van der Waals surface area contributed by atoms with Gasteiger partial charge in [0, 0.05) is 6.54 Å². The summed E-state index contributed by atoms with van der Waals surface area (Å²) >= 11 is 0. The number of hydrogen-bond donors (Lipinski definition) is 1. The number of halogens is 1. The van der Waals surface area contributed by atoms with Gasteiger partial charge in [-0.3, -0.25) is 4.79 Å². The molecule has 0 radical (unpaired) electrons. The number of carbonyl (C=O) groups excluding carboxylic acids is 1. The van der Waals surface area contributed by atoms with Crippen molar-refractivity contribution in [1.82, 2.24) is 20.3 Å². The molecule has 27 heavy (non-hydrogen) atoms. The highest BCUT2D eigenvalue weighted by Gasteiger charge is 2.16. The molecule has 0 saturated heterocycles. The van der Waals surface area contributed by atoms with E-state index in [-0.39, 0.29) is 30.3 Å². The number of ether oxygens (including phenoxy) is 2. The summed E-state index contributed by atoms with van der Waals surface area (Å²) in [7, 11) is 0. The number of rotatable bonds is 5. The molecule has 8 heteroatoms. The molecule has 0 spiro atoms. The highest BCUT2D eigenvalue weighted by atomic mass is 19.1. The molecule has 7 nitrogen and oxygen atoms in total. The van der Waals surface area contributed by atoms with Gasteiger partial charge in [0.15, 0.2) is 17.2 Å². The number of carbonyl (C=O) groups is 1. The number of nitrogens with one attached hydrogen (secondary N) is 1. The van der Waals surface area contributed by atoms with Gasteiger partial charge in [0.1, 0.15) is 5.82 Å². The monoisotopic (exact) mass is 368 g/mol. The van der Waals surface area contributed by atoms with Gasteiger partial charge in [0.25, 0.3) is 5.91 Å². The van der Waals surface area contributed by atoms with Crippen LogP contribution in [-0.4, -0.2) is 27.7 Å². The molecular formula is C19H17FN4O3. The predicted octanol–water partition coefficient (Wildman–Crippen LogP) is 2.69. The fourth-order valence-electron chi connectivity index (χ4n) is 2.79. The van der Waals surface area contributed by atoms with Crippen LogP contribution in [0.2, 0.25) is 0 Å². The lowest BCUT2D eigenvalue weighted by Gasteiger charge is -2.11. The number of benzene rings is 2. The molecule has 0 saturated carbocycles. The SMILES string of the molecule is C[C@@H](c1ccc(F)cc1)n1cc(C(=O)NCc2ccc3c(c2)OCO3)nn1. The Labute approximate surface area is 154 Å². The Morgan fingerprint density at radius 3 is 2.81 bits per heavy atom. The Balaban J connectivity index is 1.40. The first-order valence-electron chi connectivity index (χ1n) is 8.44. The van der Waals surface area contributed by atoms with Crippen molar-refractivity contribution in [2.75, 3.05) is 6.79 Å². The van der Waals surface area contributed by atoms with E-state index in [1.165, 1.54) is 12.1 Å². The van der Waals surface area contributed by atoms with Crippen molar-refractivity contribution in [3.8, 4) is 11.5 Å². The molecule has 0 fully saturated rings. The van der Waals surface area contributed by atoms with Crippen LogP contribution in [0.1, 0.15) is 34.6 Å². The first-order chi connectivity index (χ1) is 13.1. The molecule has 1 amide bonds. The zero-order chi connectivity index (χ0) is 18.8. The maximum Gasteiger partial charge on any atom is 0.273 e. The summed E-state index contributed by atoms with van der Waals surface area (Å²) in [5.74, 6) is 0.738. The summed E-state index contributed by atoms with van der Waals surface area (Å²) in [4.78, 5) is 12.3. The van der Waals surface area contributed by atoms with E-state index in [0.717, 1.165) is 11.1 Å². The first-order valence-corrected chi connectivity index (χ1v) is 8.44. The molecule has 4 rings (SSSR count). The van der Waals surface area contributed by atoms with Crippen LogP contribution in [0.15, 0.2) is 48.7 Å². The number of nitrogens with zero attached hydrogens (tertiary/aromatic N) is 3. The third-order valence-electron chi connectivity index (χ3n) is 4.38. The maximum absolute atomic E-state index is 13.1. The van der Waals surface area contributed by atoms with Gasteiger partial charge >= 0.3 is 0 Å². The number of hydrogen-bond acceptors (Lipinski definition) is 5. The fraction of sp³-hybridized carbons (Fsp3) is 0.211. The van der Waals surface area contributed by atoms with Gasteiger partial charge in [-0.1, -0.05) is 23.4 Å². The van der Waals surface area contributed by atoms with Crippen LogP contribution in [0.25, 0.3) is 0 Å². The van der Waals surface area contributed by atoms with E-state index in [0.29, 0.717) is 18.0 Å². The molecule has 0 bridgehead atoms. The Kier molecular flexibility index (Phi) is 4.45. The minimum atomic E-state index is -0.328. The Morgan fingerprint density at radius 2 is 2.00 bits per heavy atom. The number of fused-ring (bicyclic) bond motifs is 1.